The molecule has 0 radical (unpaired) electrons. The van der Waals surface area contributed by atoms with E-state index in [2.05, 4.69) is 4.90 Å². The first-order valence-corrected chi connectivity index (χ1v) is 8.58. The number of hydrogen-bond donors (Lipinski definition) is 1. The Balaban J connectivity index is 2.45. The summed E-state index contributed by atoms with van der Waals surface area (Å²) in [6.45, 7) is 8.39. The number of ether oxygens (including phenoxy) is 1. The van der Waals surface area contributed by atoms with Gasteiger partial charge >= 0.3 is 0 Å². The van der Waals surface area contributed by atoms with E-state index < -0.39 is 10.0 Å². The largest absolute Gasteiger partial charge is 0.378 e. The van der Waals surface area contributed by atoms with Gasteiger partial charge in [0, 0.05) is 32.7 Å². The van der Waals surface area contributed by atoms with E-state index in [4.69, 9.17) is 10.5 Å². The fourth-order valence-corrected chi connectivity index (χ4v) is 3.48. The Morgan fingerprint density at radius 2 is 1.95 bits per heavy atom. The molecule has 0 aliphatic carbocycles. The van der Waals surface area contributed by atoms with Crippen LogP contribution in [0.5, 0.6) is 0 Å². The van der Waals surface area contributed by atoms with Crippen LogP contribution in [0.15, 0.2) is 0 Å². The summed E-state index contributed by atoms with van der Waals surface area (Å²) in [5, 5.41) is 0. The summed E-state index contributed by atoms with van der Waals surface area (Å²) in [5.74, 6) is 0.0715. The summed E-state index contributed by atoms with van der Waals surface area (Å²) in [4.78, 5) is 2.22. The van der Waals surface area contributed by atoms with Crippen molar-refractivity contribution in [3.63, 3.8) is 0 Å². The fraction of sp³-hybridized carbons (Fsp3) is 1.00. The third-order valence-electron chi connectivity index (χ3n) is 3.18. The SMILES string of the molecule is CC(C)OCCS(=O)(=O)N1CCCN(CCN)CC1. The van der Waals surface area contributed by atoms with Crippen LogP contribution in [-0.4, -0.2) is 75.4 Å². The summed E-state index contributed by atoms with van der Waals surface area (Å²) in [7, 11) is -3.19. The summed E-state index contributed by atoms with van der Waals surface area (Å²) >= 11 is 0. The predicted molar refractivity (Wildman–Crippen MR) is 76.6 cm³/mol. The monoisotopic (exact) mass is 293 g/mol. The molecule has 1 heterocycles. The molecule has 0 aromatic carbocycles. The van der Waals surface area contributed by atoms with Gasteiger partial charge in [-0.15, -0.1) is 0 Å². The Hall–Kier alpha value is -0.210. The lowest BCUT2D eigenvalue weighted by molar-refractivity contribution is 0.0907. The Morgan fingerprint density at radius 3 is 2.58 bits per heavy atom. The normalized spacial score (nSPS) is 19.8. The Kier molecular flexibility index (Phi) is 7.23. The van der Waals surface area contributed by atoms with Gasteiger partial charge in [0.05, 0.1) is 18.5 Å². The van der Waals surface area contributed by atoms with Crippen molar-refractivity contribution in [2.24, 2.45) is 5.73 Å². The Bertz CT molecular complexity index is 346. The van der Waals surface area contributed by atoms with Crippen molar-refractivity contribution in [2.75, 3.05) is 51.6 Å². The topological polar surface area (TPSA) is 75.9 Å². The highest BCUT2D eigenvalue weighted by Crippen LogP contribution is 2.08. The van der Waals surface area contributed by atoms with Crippen LogP contribution in [-0.2, 0) is 14.8 Å². The average Bonchev–Trinajstić information content (AvgIpc) is 2.55. The molecule has 7 heteroatoms. The number of rotatable bonds is 7. The van der Waals surface area contributed by atoms with Crippen molar-refractivity contribution in [1.29, 1.82) is 0 Å². The van der Waals surface area contributed by atoms with E-state index in [9.17, 15) is 8.42 Å². The molecule has 0 saturated carbocycles. The van der Waals surface area contributed by atoms with Gasteiger partial charge in [-0.05, 0) is 26.8 Å². The van der Waals surface area contributed by atoms with Gasteiger partial charge in [0.1, 0.15) is 0 Å². The lowest BCUT2D eigenvalue weighted by Gasteiger charge is -2.21. The Morgan fingerprint density at radius 1 is 1.21 bits per heavy atom. The number of hydrogen-bond acceptors (Lipinski definition) is 5. The molecule has 0 aromatic heterocycles. The quantitative estimate of drug-likeness (QED) is 0.698. The van der Waals surface area contributed by atoms with Crippen molar-refractivity contribution < 1.29 is 13.2 Å². The highest BCUT2D eigenvalue weighted by atomic mass is 32.2. The van der Waals surface area contributed by atoms with Gasteiger partial charge in [-0.25, -0.2) is 12.7 Å². The molecule has 114 valence electrons. The van der Waals surface area contributed by atoms with Crippen LogP contribution in [0.2, 0.25) is 0 Å². The maximum Gasteiger partial charge on any atom is 0.216 e. The van der Waals surface area contributed by atoms with Crippen molar-refractivity contribution in [3.8, 4) is 0 Å². The molecule has 6 nitrogen and oxygen atoms in total. The molecule has 0 amide bonds. The van der Waals surface area contributed by atoms with Crippen molar-refractivity contribution >= 4 is 10.0 Å². The van der Waals surface area contributed by atoms with E-state index >= 15 is 0 Å². The maximum absolute atomic E-state index is 12.2. The van der Waals surface area contributed by atoms with Crippen molar-refractivity contribution in [1.82, 2.24) is 9.21 Å². The fourth-order valence-electron chi connectivity index (χ4n) is 2.15. The molecule has 1 aliphatic heterocycles. The molecule has 1 rings (SSSR count). The van der Waals surface area contributed by atoms with Gasteiger partial charge in [0.15, 0.2) is 0 Å². The molecule has 1 aliphatic rings. The highest BCUT2D eigenvalue weighted by molar-refractivity contribution is 7.89. The molecule has 1 fully saturated rings. The first kappa shape index (κ1) is 16.8. The second-order valence-electron chi connectivity index (χ2n) is 5.12. The van der Waals surface area contributed by atoms with E-state index in [0.29, 0.717) is 19.6 Å². The highest BCUT2D eigenvalue weighted by Gasteiger charge is 2.24. The summed E-state index contributed by atoms with van der Waals surface area (Å²) in [6, 6.07) is 0. The van der Waals surface area contributed by atoms with Gasteiger partial charge in [0.25, 0.3) is 0 Å². The maximum atomic E-state index is 12.2. The lowest BCUT2D eigenvalue weighted by Crippen LogP contribution is -2.38. The van der Waals surface area contributed by atoms with Gasteiger partial charge in [-0.3, -0.25) is 0 Å². The van der Waals surface area contributed by atoms with Crippen molar-refractivity contribution in [3.05, 3.63) is 0 Å². The standard InChI is InChI=1S/C12H27N3O3S/c1-12(2)18-10-11-19(16,17)15-6-3-5-14(7-4-13)8-9-15/h12H,3-11,13H2,1-2H3. The molecule has 0 unspecified atom stereocenters. The van der Waals surface area contributed by atoms with E-state index in [0.717, 1.165) is 26.1 Å². The van der Waals surface area contributed by atoms with Gasteiger partial charge in [-0.1, -0.05) is 0 Å². The first-order chi connectivity index (χ1) is 8.95. The zero-order chi connectivity index (χ0) is 14.3. The number of sulfonamides is 1. The minimum Gasteiger partial charge on any atom is -0.378 e. The van der Waals surface area contributed by atoms with Crippen LogP contribution >= 0.6 is 0 Å². The van der Waals surface area contributed by atoms with Crippen molar-refractivity contribution in [2.45, 2.75) is 26.4 Å². The molecular weight excluding hydrogens is 266 g/mol. The summed E-state index contributed by atoms with van der Waals surface area (Å²) in [5.41, 5.74) is 5.53. The van der Waals surface area contributed by atoms with E-state index in [1.165, 1.54) is 0 Å². The summed E-state index contributed by atoms with van der Waals surface area (Å²) < 4.78 is 31.3. The zero-order valence-corrected chi connectivity index (χ0v) is 12.9. The van der Waals surface area contributed by atoms with Crippen LogP contribution in [0, 0.1) is 0 Å². The molecule has 0 aromatic rings. The van der Waals surface area contributed by atoms with Gasteiger partial charge < -0.3 is 15.4 Å². The molecule has 1 saturated heterocycles. The van der Waals surface area contributed by atoms with E-state index in [1.54, 1.807) is 4.31 Å². The number of nitrogens with two attached hydrogens (primary N) is 1. The first-order valence-electron chi connectivity index (χ1n) is 6.97. The predicted octanol–water partition coefficient (Wildman–Crippen LogP) is -0.292. The van der Waals surface area contributed by atoms with Crippen LogP contribution in [0.25, 0.3) is 0 Å². The Labute approximate surface area is 116 Å². The molecular formula is C12H27N3O3S. The lowest BCUT2D eigenvalue weighted by atomic mass is 10.4. The molecule has 0 spiro atoms. The van der Waals surface area contributed by atoms with E-state index in [1.807, 2.05) is 13.8 Å². The second kappa shape index (κ2) is 8.16. The van der Waals surface area contributed by atoms with E-state index in [-0.39, 0.29) is 18.5 Å². The average molecular weight is 293 g/mol. The smallest absolute Gasteiger partial charge is 0.216 e. The van der Waals surface area contributed by atoms with Crippen LogP contribution in [0.1, 0.15) is 20.3 Å². The second-order valence-corrected chi connectivity index (χ2v) is 7.21. The third kappa shape index (κ3) is 6.18. The molecule has 0 atom stereocenters. The van der Waals surface area contributed by atoms with Crippen LogP contribution in [0.3, 0.4) is 0 Å². The number of nitrogens with zero attached hydrogens (tertiary/aromatic N) is 2. The third-order valence-corrected chi connectivity index (χ3v) is 5.01. The van der Waals surface area contributed by atoms with Gasteiger partial charge in [0.2, 0.25) is 10.0 Å². The molecule has 0 bridgehead atoms. The summed E-state index contributed by atoms with van der Waals surface area (Å²) in [6.07, 6.45) is 0.934. The molecule has 19 heavy (non-hydrogen) atoms. The zero-order valence-electron chi connectivity index (χ0n) is 12.0. The minimum atomic E-state index is -3.19. The molecule has 2 N–H and O–H groups in total. The van der Waals surface area contributed by atoms with Crippen LogP contribution in [0.4, 0.5) is 0 Å². The van der Waals surface area contributed by atoms with Crippen LogP contribution < -0.4 is 5.73 Å². The van der Waals surface area contributed by atoms with Gasteiger partial charge in [-0.2, -0.15) is 0 Å². The minimum absolute atomic E-state index is 0.0689.